The maximum Gasteiger partial charge on any atom is 0.251 e. The molecular weight excluding hydrogens is 278 g/mol. The smallest absolute Gasteiger partial charge is 0.251 e. The minimum Gasteiger partial charge on any atom is -0.378 e. The van der Waals surface area contributed by atoms with Crippen LogP contribution >= 0.6 is 0 Å². The van der Waals surface area contributed by atoms with Gasteiger partial charge < -0.3 is 14.5 Å². The summed E-state index contributed by atoms with van der Waals surface area (Å²) in [5.74, 6) is -2.43. The Hall–Kier alpha value is -0.750. The quantitative estimate of drug-likeness (QED) is 0.791. The summed E-state index contributed by atoms with van der Waals surface area (Å²) >= 11 is 0. The second-order valence-electron chi connectivity index (χ2n) is 6.50. The molecule has 120 valence electrons. The second-order valence-corrected chi connectivity index (χ2v) is 6.50. The van der Waals surface area contributed by atoms with Gasteiger partial charge in [0.25, 0.3) is 5.92 Å². The topological polar surface area (TPSA) is 32.8 Å². The van der Waals surface area contributed by atoms with Crippen LogP contribution in [0.4, 0.5) is 8.78 Å². The van der Waals surface area contributed by atoms with Gasteiger partial charge in [-0.25, -0.2) is 8.78 Å². The van der Waals surface area contributed by atoms with Gasteiger partial charge in [-0.3, -0.25) is 4.79 Å². The predicted molar refractivity (Wildman–Crippen MR) is 74.2 cm³/mol. The third kappa shape index (κ3) is 3.72. The second kappa shape index (κ2) is 6.16. The molecule has 2 saturated heterocycles. The largest absolute Gasteiger partial charge is 0.378 e. The molecule has 0 radical (unpaired) electrons. The summed E-state index contributed by atoms with van der Waals surface area (Å²) in [6, 6.07) is 0. The van der Waals surface area contributed by atoms with E-state index in [-0.39, 0.29) is 18.2 Å². The van der Waals surface area contributed by atoms with Crippen LogP contribution in [0, 0.1) is 11.8 Å². The zero-order chi connectivity index (χ0) is 14.9. The number of nitrogens with zero attached hydrogens (tertiary/aromatic N) is 2. The van der Waals surface area contributed by atoms with Gasteiger partial charge in [-0.15, -0.1) is 0 Å². The van der Waals surface area contributed by atoms with Crippen molar-refractivity contribution < 1.29 is 18.3 Å². The molecule has 0 aromatic carbocycles. The van der Waals surface area contributed by atoms with Gasteiger partial charge in [0, 0.05) is 31.3 Å². The number of piperidine rings is 1. The molecule has 1 amide bonds. The molecule has 1 atom stereocenters. The summed E-state index contributed by atoms with van der Waals surface area (Å²) in [7, 11) is 0. The van der Waals surface area contributed by atoms with E-state index in [4.69, 9.17) is 4.74 Å². The highest BCUT2D eigenvalue weighted by Crippen LogP contribution is 2.50. The van der Waals surface area contributed by atoms with Gasteiger partial charge in [-0.05, 0) is 38.9 Å². The molecule has 0 bridgehead atoms. The predicted octanol–water partition coefficient (Wildman–Crippen LogP) is 1.60. The zero-order valence-electron chi connectivity index (χ0n) is 12.4. The van der Waals surface area contributed by atoms with Gasteiger partial charge in [0.1, 0.15) is 0 Å². The van der Waals surface area contributed by atoms with E-state index in [0.29, 0.717) is 32.7 Å². The first-order chi connectivity index (χ1) is 10.1. The minimum absolute atomic E-state index is 0.0684. The van der Waals surface area contributed by atoms with Crippen molar-refractivity contribution in [2.45, 2.75) is 31.6 Å². The van der Waals surface area contributed by atoms with E-state index in [1.165, 1.54) is 0 Å². The van der Waals surface area contributed by atoms with Crippen LogP contribution in [0.25, 0.3) is 0 Å². The highest BCUT2D eigenvalue weighted by atomic mass is 19.3. The molecule has 2 aliphatic heterocycles. The number of ether oxygens (including phenoxy) is 1. The van der Waals surface area contributed by atoms with E-state index in [2.05, 4.69) is 4.90 Å². The summed E-state index contributed by atoms with van der Waals surface area (Å²) < 4.78 is 31.0. The molecule has 3 aliphatic rings. The Bertz CT molecular complexity index is 378. The number of carbonyl (C=O) groups excluding carboxylic acids is 1. The van der Waals surface area contributed by atoms with E-state index < -0.39 is 11.8 Å². The fraction of sp³-hybridized carbons (Fsp3) is 0.933. The third-order valence-electron chi connectivity index (χ3n) is 5.01. The van der Waals surface area contributed by atoms with Crippen LogP contribution < -0.4 is 0 Å². The Morgan fingerprint density at radius 1 is 1.14 bits per heavy atom. The number of likely N-dealkylation sites (tertiary alicyclic amines) is 1. The SMILES string of the molecule is O=C(C1CCN(CCC2CC2(F)F)CC1)N1CCOCC1. The molecule has 0 aromatic rings. The maximum atomic E-state index is 12.8. The minimum atomic E-state index is -2.40. The number of hydrogen-bond donors (Lipinski definition) is 0. The fourth-order valence-electron chi connectivity index (χ4n) is 3.37. The molecule has 6 heteroatoms. The Balaban J connectivity index is 1.37. The molecular formula is C15H24F2N2O2. The van der Waals surface area contributed by atoms with Crippen LogP contribution in [0.2, 0.25) is 0 Å². The number of alkyl halides is 2. The highest BCUT2D eigenvalue weighted by molar-refractivity contribution is 5.79. The molecule has 0 spiro atoms. The van der Waals surface area contributed by atoms with Crippen LogP contribution in [0.1, 0.15) is 25.7 Å². The molecule has 2 heterocycles. The molecule has 1 aliphatic carbocycles. The number of hydrogen-bond acceptors (Lipinski definition) is 3. The first-order valence-electron chi connectivity index (χ1n) is 8.03. The van der Waals surface area contributed by atoms with Gasteiger partial charge in [-0.1, -0.05) is 0 Å². The lowest BCUT2D eigenvalue weighted by Crippen LogP contribution is -2.46. The van der Waals surface area contributed by atoms with E-state index in [1.807, 2.05) is 4.90 Å². The first kappa shape index (κ1) is 15.2. The normalized spacial score (nSPS) is 30.4. The van der Waals surface area contributed by atoms with Gasteiger partial charge in [0.15, 0.2) is 0 Å². The van der Waals surface area contributed by atoms with Crippen LogP contribution in [0.3, 0.4) is 0 Å². The summed E-state index contributed by atoms with van der Waals surface area (Å²) in [6.07, 6.45) is 2.38. The van der Waals surface area contributed by atoms with E-state index in [1.54, 1.807) is 0 Å². The van der Waals surface area contributed by atoms with Crippen molar-refractivity contribution in [1.82, 2.24) is 9.80 Å². The molecule has 21 heavy (non-hydrogen) atoms. The molecule has 4 nitrogen and oxygen atoms in total. The average Bonchev–Trinajstić information content (AvgIpc) is 3.13. The van der Waals surface area contributed by atoms with Crippen molar-refractivity contribution in [3.05, 3.63) is 0 Å². The van der Waals surface area contributed by atoms with Crippen molar-refractivity contribution in [1.29, 1.82) is 0 Å². The summed E-state index contributed by atoms with van der Waals surface area (Å²) in [6.45, 7) is 5.16. The lowest BCUT2D eigenvalue weighted by Gasteiger charge is -2.35. The first-order valence-corrected chi connectivity index (χ1v) is 8.03. The number of morpholine rings is 1. The number of halogens is 2. The van der Waals surface area contributed by atoms with Crippen LogP contribution in [0.15, 0.2) is 0 Å². The van der Waals surface area contributed by atoms with Crippen molar-refractivity contribution in [3.63, 3.8) is 0 Å². The monoisotopic (exact) mass is 302 g/mol. The van der Waals surface area contributed by atoms with Crippen molar-refractivity contribution >= 4 is 5.91 Å². The molecule has 3 rings (SSSR count). The fourth-order valence-corrected chi connectivity index (χ4v) is 3.37. The lowest BCUT2D eigenvalue weighted by molar-refractivity contribution is -0.141. The number of carbonyl (C=O) groups is 1. The Morgan fingerprint density at radius 3 is 2.33 bits per heavy atom. The highest BCUT2D eigenvalue weighted by Gasteiger charge is 2.56. The molecule has 0 N–H and O–H groups in total. The molecule has 3 fully saturated rings. The molecule has 0 aromatic heterocycles. The summed E-state index contributed by atoms with van der Waals surface area (Å²) in [4.78, 5) is 16.5. The van der Waals surface area contributed by atoms with Crippen molar-refractivity contribution in [2.24, 2.45) is 11.8 Å². The lowest BCUT2D eigenvalue weighted by atomic mass is 9.95. The van der Waals surface area contributed by atoms with Crippen LogP contribution in [0.5, 0.6) is 0 Å². The van der Waals surface area contributed by atoms with Crippen molar-refractivity contribution in [2.75, 3.05) is 45.9 Å². The standard InChI is InChI=1S/C15H24F2N2O2/c16-15(17)11-13(15)3-6-18-4-1-12(2-5-18)14(20)19-7-9-21-10-8-19/h12-13H,1-11H2. The summed E-state index contributed by atoms with van der Waals surface area (Å²) in [5, 5.41) is 0. The Labute approximate surface area is 124 Å². The van der Waals surface area contributed by atoms with Crippen LogP contribution in [-0.4, -0.2) is 67.6 Å². The van der Waals surface area contributed by atoms with E-state index in [0.717, 1.165) is 32.5 Å². The number of rotatable bonds is 4. The third-order valence-corrected chi connectivity index (χ3v) is 5.01. The van der Waals surface area contributed by atoms with E-state index in [9.17, 15) is 13.6 Å². The Morgan fingerprint density at radius 2 is 1.76 bits per heavy atom. The summed E-state index contributed by atoms with van der Waals surface area (Å²) in [5.41, 5.74) is 0. The number of amides is 1. The maximum absolute atomic E-state index is 12.8. The van der Waals surface area contributed by atoms with Gasteiger partial charge >= 0.3 is 0 Å². The van der Waals surface area contributed by atoms with Gasteiger partial charge in [0.2, 0.25) is 5.91 Å². The zero-order valence-corrected chi connectivity index (χ0v) is 12.4. The van der Waals surface area contributed by atoms with Gasteiger partial charge in [-0.2, -0.15) is 0 Å². The van der Waals surface area contributed by atoms with E-state index >= 15 is 0 Å². The Kier molecular flexibility index (Phi) is 4.45. The van der Waals surface area contributed by atoms with Crippen molar-refractivity contribution in [3.8, 4) is 0 Å². The molecule has 1 saturated carbocycles. The molecule has 1 unspecified atom stereocenters. The van der Waals surface area contributed by atoms with Gasteiger partial charge in [0.05, 0.1) is 13.2 Å². The average molecular weight is 302 g/mol. The van der Waals surface area contributed by atoms with Crippen LogP contribution in [-0.2, 0) is 9.53 Å².